The zero-order chi connectivity index (χ0) is 19.9. The number of aliphatic hydroxyl groups is 1. The Morgan fingerprint density at radius 1 is 0.900 bits per heavy atom. The van der Waals surface area contributed by atoms with Crippen LogP contribution in [0.4, 0.5) is 8.78 Å². The van der Waals surface area contributed by atoms with Crippen LogP contribution in [0.5, 0.6) is 0 Å². The van der Waals surface area contributed by atoms with Gasteiger partial charge in [-0.15, -0.1) is 24.8 Å². The molecule has 30 heavy (non-hydrogen) atoms. The molecule has 7 heteroatoms. The first-order chi connectivity index (χ1) is 13.3. The van der Waals surface area contributed by atoms with Crippen molar-refractivity contribution in [1.29, 1.82) is 0 Å². The van der Waals surface area contributed by atoms with E-state index >= 15 is 0 Å². The molecule has 2 aromatic rings. The fourth-order valence-electron chi connectivity index (χ4n) is 4.77. The van der Waals surface area contributed by atoms with Crippen molar-refractivity contribution in [3.05, 3.63) is 70.8 Å². The highest BCUT2D eigenvalue weighted by atomic mass is 35.5. The molecule has 1 aliphatic carbocycles. The van der Waals surface area contributed by atoms with Gasteiger partial charge in [-0.25, -0.2) is 8.78 Å². The molecule has 2 atom stereocenters. The van der Waals surface area contributed by atoms with E-state index in [2.05, 4.69) is 9.80 Å². The summed E-state index contributed by atoms with van der Waals surface area (Å²) in [6.45, 7) is 7.92. The SMILES string of the molecule is CC(C)(O)CN1CCN(C2CC(c3ccc(F)cc3)c3ccc(F)cc32)CC1.Cl.Cl. The number of halogens is 4. The molecule has 3 nitrogen and oxygen atoms in total. The van der Waals surface area contributed by atoms with Gasteiger partial charge in [0.2, 0.25) is 0 Å². The van der Waals surface area contributed by atoms with Crippen LogP contribution in [0.15, 0.2) is 42.5 Å². The second-order valence-electron chi connectivity index (χ2n) is 8.75. The van der Waals surface area contributed by atoms with Crippen molar-refractivity contribution >= 4 is 24.8 Å². The lowest BCUT2D eigenvalue weighted by atomic mass is 9.93. The smallest absolute Gasteiger partial charge is 0.123 e. The number of β-amino-alcohol motifs (C(OH)–C–C–N with tert-alkyl or cyclic N) is 1. The number of nitrogens with zero attached hydrogens (tertiary/aromatic N) is 2. The van der Waals surface area contributed by atoms with E-state index in [0.29, 0.717) is 6.54 Å². The molecular formula is C23H30Cl2F2N2O. The molecule has 1 N–H and O–H groups in total. The number of piperazine rings is 1. The Morgan fingerprint density at radius 2 is 1.50 bits per heavy atom. The number of fused-ring (bicyclic) bond motifs is 1. The fourth-order valence-corrected chi connectivity index (χ4v) is 4.77. The molecule has 0 amide bonds. The van der Waals surface area contributed by atoms with Gasteiger partial charge in [0.05, 0.1) is 5.60 Å². The van der Waals surface area contributed by atoms with Crippen molar-refractivity contribution in [2.75, 3.05) is 32.7 Å². The highest BCUT2D eigenvalue weighted by molar-refractivity contribution is 5.85. The molecule has 0 spiro atoms. The van der Waals surface area contributed by atoms with Crippen molar-refractivity contribution in [3.8, 4) is 0 Å². The largest absolute Gasteiger partial charge is 0.389 e. The van der Waals surface area contributed by atoms with Crippen molar-refractivity contribution in [2.24, 2.45) is 0 Å². The van der Waals surface area contributed by atoms with E-state index in [1.165, 1.54) is 18.2 Å². The zero-order valence-corrected chi connectivity index (χ0v) is 19.0. The molecule has 0 saturated carbocycles. The predicted molar refractivity (Wildman–Crippen MR) is 121 cm³/mol. The van der Waals surface area contributed by atoms with E-state index in [-0.39, 0.29) is 48.4 Å². The molecule has 1 heterocycles. The molecule has 0 radical (unpaired) electrons. The lowest BCUT2D eigenvalue weighted by molar-refractivity contribution is 0.0105. The Balaban J connectivity index is 0.00000160. The molecule has 2 aromatic carbocycles. The van der Waals surface area contributed by atoms with E-state index in [9.17, 15) is 13.9 Å². The van der Waals surface area contributed by atoms with Gasteiger partial charge in [-0.1, -0.05) is 18.2 Å². The second kappa shape index (κ2) is 9.92. The minimum absolute atomic E-state index is 0. The van der Waals surface area contributed by atoms with Crippen LogP contribution in [-0.4, -0.2) is 53.2 Å². The quantitative estimate of drug-likeness (QED) is 0.714. The maximum atomic E-state index is 14.0. The monoisotopic (exact) mass is 458 g/mol. The molecule has 4 rings (SSSR count). The Labute approximate surface area is 189 Å². The highest BCUT2D eigenvalue weighted by Crippen LogP contribution is 2.47. The summed E-state index contributed by atoms with van der Waals surface area (Å²) in [6.07, 6.45) is 0.885. The van der Waals surface area contributed by atoms with Gasteiger partial charge in [-0.05, 0) is 61.2 Å². The topological polar surface area (TPSA) is 26.7 Å². The third kappa shape index (κ3) is 5.51. The summed E-state index contributed by atoms with van der Waals surface area (Å²) in [6, 6.07) is 12.0. The zero-order valence-electron chi connectivity index (χ0n) is 17.4. The summed E-state index contributed by atoms with van der Waals surface area (Å²) in [5.41, 5.74) is 2.60. The summed E-state index contributed by atoms with van der Waals surface area (Å²) < 4.78 is 27.4. The first-order valence-electron chi connectivity index (χ1n) is 10.0. The van der Waals surface area contributed by atoms with Gasteiger partial charge in [-0.2, -0.15) is 0 Å². The lowest BCUT2D eigenvalue weighted by Crippen LogP contribution is -2.51. The Bertz CT molecular complexity index is 834. The van der Waals surface area contributed by atoms with E-state index in [1.807, 2.05) is 32.0 Å². The van der Waals surface area contributed by atoms with Crippen molar-refractivity contribution in [2.45, 2.75) is 37.8 Å². The Hall–Kier alpha value is -1.24. The second-order valence-corrected chi connectivity index (χ2v) is 8.75. The number of hydrogen-bond donors (Lipinski definition) is 1. The summed E-state index contributed by atoms with van der Waals surface area (Å²) in [4.78, 5) is 4.72. The third-order valence-corrected chi connectivity index (χ3v) is 5.97. The summed E-state index contributed by atoms with van der Waals surface area (Å²) in [5.74, 6) is -0.277. The number of hydrogen-bond acceptors (Lipinski definition) is 3. The summed E-state index contributed by atoms with van der Waals surface area (Å²) in [7, 11) is 0. The molecule has 1 fully saturated rings. The highest BCUT2D eigenvalue weighted by Gasteiger charge is 2.37. The average molecular weight is 459 g/mol. The van der Waals surface area contributed by atoms with Gasteiger partial charge < -0.3 is 5.11 Å². The van der Waals surface area contributed by atoms with Crippen LogP contribution < -0.4 is 0 Å². The normalized spacial score (nSPS) is 22.2. The van der Waals surface area contributed by atoms with Crippen LogP contribution in [-0.2, 0) is 0 Å². The van der Waals surface area contributed by atoms with Crippen molar-refractivity contribution in [3.63, 3.8) is 0 Å². The van der Waals surface area contributed by atoms with Gasteiger partial charge in [0, 0.05) is 44.7 Å². The average Bonchev–Trinajstić information content (AvgIpc) is 3.00. The first kappa shape index (κ1) is 25.0. The van der Waals surface area contributed by atoms with Gasteiger partial charge in [0.25, 0.3) is 0 Å². The molecular weight excluding hydrogens is 429 g/mol. The van der Waals surface area contributed by atoms with Gasteiger partial charge >= 0.3 is 0 Å². The van der Waals surface area contributed by atoms with Gasteiger partial charge in [0.1, 0.15) is 11.6 Å². The van der Waals surface area contributed by atoms with Crippen LogP contribution in [0.1, 0.15) is 48.9 Å². The third-order valence-electron chi connectivity index (χ3n) is 5.97. The minimum Gasteiger partial charge on any atom is -0.389 e. The van der Waals surface area contributed by atoms with E-state index in [4.69, 9.17) is 0 Å². The number of rotatable bonds is 4. The van der Waals surface area contributed by atoms with Crippen LogP contribution in [0.2, 0.25) is 0 Å². The molecule has 2 aliphatic rings. The van der Waals surface area contributed by atoms with Crippen LogP contribution in [0.3, 0.4) is 0 Å². The Kier molecular flexibility index (Phi) is 8.28. The molecule has 1 aliphatic heterocycles. The Morgan fingerprint density at radius 3 is 2.10 bits per heavy atom. The van der Waals surface area contributed by atoms with E-state index in [0.717, 1.165) is 49.3 Å². The van der Waals surface area contributed by atoms with E-state index < -0.39 is 5.60 Å². The van der Waals surface area contributed by atoms with Crippen LogP contribution >= 0.6 is 24.8 Å². The number of benzene rings is 2. The van der Waals surface area contributed by atoms with E-state index in [1.54, 1.807) is 6.07 Å². The predicted octanol–water partition coefficient (Wildman–Crippen LogP) is 4.77. The van der Waals surface area contributed by atoms with Crippen molar-refractivity contribution in [1.82, 2.24) is 9.80 Å². The van der Waals surface area contributed by atoms with Crippen LogP contribution in [0, 0.1) is 11.6 Å². The molecule has 1 saturated heterocycles. The molecule has 166 valence electrons. The maximum Gasteiger partial charge on any atom is 0.123 e. The van der Waals surface area contributed by atoms with Crippen LogP contribution in [0.25, 0.3) is 0 Å². The first-order valence-corrected chi connectivity index (χ1v) is 10.0. The summed E-state index contributed by atoms with van der Waals surface area (Å²) >= 11 is 0. The van der Waals surface area contributed by atoms with Gasteiger partial charge in [0.15, 0.2) is 0 Å². The lowest BCUT2D eigenvalue weighted by Gasteiger charge is -2.40. The molecule has 0 aromatic heterocycles. The molecule has 2 unspecified atom stereocenters. The summed E-state index contributed by atoms with van der Waals surface area (Å²) in [5, 5.41) is 10.1. The molecule has 0 bridgehead atoms. The fraction of sp³-hybridized carbons (Fsp3) is 0.478. The minimum atomic E-state index is -0.696. The standard InChI is InChI=1S/C23H28F2N2O.2ClH/c1-23(2,28)15-26-9-11-27(12-10-26)22-14-20(16-3-5-17(24)6-4-16)19-8-7-18(25)13-21(19)22;;/h3-8,13,20,22,28H,9-12,14-15H2,1-2H3;2*1H. The van der Waals surface area contributed by atoms with Crippen molar-refractivity contribution < 1.29 is 13.9 Å². The van der Waals surface area contributed by atoms with Gasteiger partial charge in [-0.3, -0.25) is 9.80 Å². The maximum absolute atomic E-state index is 14.0.